The highest BCUT2D eigenvalue weighted by molar-refractivity contribution is 5.55. The zero-order chi connectivity index (χ0) is 13.1. The number of carbonyl (C=O) groups excluding carboxylic acids is 1. The first-order valence-electron chi connectivity index (χ1n) is 6.42. The highest BCUT2D eigenvalue weighted by Crippen LogP contribution is 2.45. The van der Waals surface area contributed by atoms with E-state index in [0.29, 0.717) is 24.7 Å². The van der Waals surface area contributed by atoms with Gasteiger partial charge < -0.3 is 19.7 Å². The summed E-state index contributed by atoms with van der Waals surface area (Å²) in [4.78, 5) is 10.8. The van der Waals surface area contributed by atoms with E-state index in [-0.39, 0.29) is 12.5 Å². The lowest BCUT2D eigenvalue weighted by atomic mass is 9.65. The molecule has 0 saturated heterocycles. The molecule has 1 N–H and O–H groups in total. The Hall–Kier alpha value is -0.770. The smallest absolute Gasteiger partial charge is 0.252 e. The lowest BCUT2D eigenvalue weighted by Crippen LogP contribution is -2.51. The first kappa shape index (κ1) is 14.3. The van der Waals surface area contributed by atoms with Gasteiger partial charge in [-0.25, -0.2) is 0 Å². The van der Waals surface area contributed by atoms with E-state index in [1.807, 2.05) is 0 Å². The van der Waals surface area contributed by atoms with Crippen LogP contribution in [0.5, 0.6) is 0 Å². The lowest BCUT2D eigenvalue weighted by molar-refractivity contribution is -0.304. The van der Waals surface area contributed by atoms with Gasteiger partial charge in [-0.2, -0.15) is 0 Å². The van der Waals surface area contributed by atoms with Gasteiger partial charge in [0.25, 0.3) is 6.16 Å². The van der Waals surface area contributed by atoms with Gasteiger partial charge in [-0.15, -0.1) is 0 Å². The quantitative estimate of drug-likeness (QED) is 0.761. The molecule has 0 unspecified atom stereocenters. The van der Waals surface area contributed by atoms with Crippen molar-refractivity contribution in [3.63, 3.8) is 0 Å². The molecule has 3 atom stereocenters. The predicted molar refractivity (Wildman–Crippen MR) is 62.3 cm³/mol. The van der Waals surface area contributed by atoms with E-state index in [1.165, 1.54) is 0 Å². The minimum Gasteiger partial charge on any atom is -0.543 e. The number of carboxylic acid groups (broad SMARTS) is 1. The van der Waals surface area contributed by atoms with Crippen molar-refractivity contribution in [1.82, 2.24) is 0 Å². The Bertz CT molecular complexity index is 264. The summed E-state index contributed by atoms with van der Waals surface area (Å²) in [7, 11) is 0. The molecule has 4 heteroatoms. The molecule has 0 spiro atoms. The fourth-order valence-corrected chi connectivity index (χ4v) is 3.32. The Morgan fingerprint density at radius 2 is 2.18 bits per heavy atom. The van der Waals surface area contributed by atoms with E-state index in [1.54, 1.807) is 0 Å². The van der Waals surface area contributed by atoms with Crippen LogP contribution in [0.4, 0.5) is 4.79 Å². The maximum absolute atomic E-state index is 10.8. The topological polar surface area (TPSA) is 69.6 Å². The monoisotopic (exact) mass is 243 g/mol. The van der Waals surface area contributed by atoms with Crippen LogP contribution in [0, 0.1) is 17.8 Å². The van der Waals surface area contributed by atoms with Crippen molar-refractivity contribution >= 4 is 6.16 Å². The number of ether oxygens (including phenoxy) is 1. The lowest BCUT2D eigenvalue weighted by Gasteiger charge is -2.50. The van der Waals surface area contributed by atoms with Crippen LogP contribution in [0.1, 0.15) is 46.5 Å². The van der Waals surface area contributed by atoms with Gasteiger partial charge in [0.05, 0.1) is 5.60 Å². The second-order valence-electron chi connectivity index (χ2n) is 5.63. The Labute approximate surface area is 103 Å². The van der Waals surface area contributed by atoms with Crippen LogP contribution in [0.25, 0.3) is 0 Å². The van der Waals surface area contributed by atoms with Crippen molar-refractivity contribution in [3.05, 3.63) is 0 Å². The van der Waals surface area contributed by atoms with Crippen molar-refractivity contribution in [2.75, 3.05) is 6.61 Å². The van der Waals surface area contributed by atoms with Crippen LogP contribution in [0.2, 0.25) is 0 Å². The van der Waals surface area contributed by atoms with Gasteiger partial charge in [-0.1, -0.05) is 27.2 Å². The molecule has 17 heavy (non-hydrogen) atoms. The van der Waals surface area contributed by atoms with E-state index >= 15 is 0 Å². The average molecular weight is 243 g/mol. The van der Waals surface area contributed by atoms with Crippen molar-refractivity contribution in [2.24, 2.45) is 17.8 Å². The summed E-state index contributed by atoms with van der Waals surface area (Å²) < 4.78 is 5.11. The molecule has 0 aliphatic heterocycles. The van der Waals surface area contributed by atoms with Gasteiger partial charge in [0.1, 0.15) is 0 Å². The minimum atomic E-state index is -1.47. The third-order valence-electron chi connectivity index (χ3n) is 3.97. The fraction of sp³-hybridized carbons (Fsp3) is 0.923. The second kappa shape index (κ2) is 5.71. The largest absolute Gasteiger partial charge is 0.543 e. The second-order valence-corrected chi connectivity index (χ2v) is 5.63. The third kappa shape index (κ3) is 3.35. The van der Waals surface area contributed by atoms with Gasteiger partial charge in [0, 0.05) is 6.61 Å². The van der Waals surface area contributed by atoms with Crippen LogP contribution >= 0.6 is 0 Å². The first-order valence-corrected chi connectivity index (χ1v) is 6.42. The van der Waals surface area contributed by atoms with Gasteiger partial charge in [-0.3, -0.25) is 0 Å². The summed E-state index contributed by atoms with van der Waals surface area (Å²) >= 11 is 0. The van der Waals surface area contributed by atoms with E-state index < -0.39 is 11.8 Å². The SMILES string of the molecule is CC(C)[C@@H]1CC[C@@H](C)C[C@]1(CCO)OC(=O)[O-]. The van der Waals surface area contributed by atoms with Crippen molar-refractivity contribution in [2.45, 2.75) is 52.1 Å². The highest BCUT2D eigenvalue weighted by Gasteiger charge is 2.43. The number of hydrogen-bond donors (Lipinski definition) is 1. The van der Waals surface area contributed by atoms with Crippen LogP contribution in [-0.2, 0) is 4.74 Å². The van der Waals surface area contributed by atoms with Crippen LogP contribution in [-0.4, -0.2) is 23.5 Å². The van der Waals surface area contributed by atoms with Gasteiger partial charge in [0.2, 0.25) is 0 Å². The summed E-state index contributed by atoms with van der Waals surface area (Å²) in [5.41, 5.74) is -0.751. The van der Waals surface area contributed by atoms with Gasteiger partial charge >= 0.3 is 0 Å². The Kier molecular flexibility index (Phi) is 4.80. The molecule has 0 heterocycles. The van der Waals surface area contributed by atoms with Crippen LogP contribution in [0.3, 0.4) is 0 Å². The molecule has 0 aromatic carbocycles. The molecule has 1 aliphatic carbocycles. The number of aliphatic hydroxyl groups excluding tert-OH is 1. The molecule has 1 rings (SSSR count). The predicted octanol–water partition coefficient (Wildman–Crippen LogP) is 1.56. The zero-order valence-electron chi connectivity index (χ0n) is 10.9. The van der Waals surface area contributed by atoms with Crippen molar-refractivity contribution < 1.29 is 19.7 Å². The van der Waals surface area contributed by atoms with E-state index in [0.717, 1.165) is 12.8 Å². The normalized spacial score (nSPS) is 33.7. The van der Waals surface area contributed by atoms with Gasteiger partial charge in [-0.05, 0) is 37.0 Å². The average Bonchev–Trinajstić information content (AvgIpc) is 2.15. The molecule has 4 nitrogen and oxygen atoms in total. The summed E-state index contributed by atoms with van der Waals surface area (Å²) in [5.74, 6) is 0.938. The maximum atomic E-state index is 10.8. The molecule has 0 amide bonds. The van der Waals surface area contributed by atoms with E-state index in [4.69, 9.17) is 4.74 Å². The Morgan fingerprint density at radius 1 is 1.53 bits per heavy atom. The Morgan fingerprint density at radius 3 is 2.65 bits per heavy atom. The zero-order valence-corrected chi connectivity index (χ0v) is 10.9. The van der Waals surface area contributed by atoms with Gasteiger partial charge in [0.15, 0.2) is 0 Å². The minimum absolute atomic E-state index is 0.0524. The molecule has 1 fully saturated rings. The molecule has 100 valence electrons. The standard InChI is InChI=1S/C13H24O4/c1-9(2)11-5-4-10(3)8-13(11,6-7-14)17-12(15)16/h9-11,14H,4-8H2,1-3H3,(H,15,16)/p-1/t10-,11+,13+/m1/s1. The molecule has 1 saturated carbocycles. The number of rotatable bonds is 4. The van der Waals surface area contributed by atoms with E-state index in [9.17, 15) is 15.0 Å². The van der Waals surface area contributed by atoms with Crippen LogP contribution < -0.4 is 5.11 Å². The molecule has 0 bridgehead atoms. The fourth-order valence-electron chi connectivity index (χ4n) is 3.32. The first-order chi connectivity index (χ1) is 7.91. The number of hydrogen-bond acceptors (Lipinski definition) is 4. The highest BCUT2D eigenvalue weighted by atomic mass is 16.7. The summed E-state index contributed by atoms with van der Waals surface area (Å²) in [6.45, 7) is 6.20. The summed E-state index contributed by atoms with van der Waals surface area (Å²) in [5, 5.41) is 20.0. The maximum Gasteiger partial charge on any atom is 0.252 e. The third-order valence-corrected chi connectivity index (χ3v) is 3.97. The Balaban J connectivity index is 2.95. The molecule has 1 aliphatic rings. The van der Waals surface area contributed by atoms with Crippen LogP contribution in [0.15, 0.2) is 0 Å². The van der Waals surface area contributed by atoms with Crippen molar-refractivity contribution in [1.29, 1.82) is 0 Å². The molecule has 0 aromatic rings. The van der Waals surface area contributed by atoms with Crippen molar-refractivity contribution in [3.8, 4) is 0 Å². The molecular weight excluding hydrogens is 220 g/mol. The molecule has 0 radical (unpaired) electrons. The number of aliphatic hydroxyl groups is 1. The molecule has 0 aromatic heterocycles. The summed E-state index contributed by atoms with van der Waals surface area (Å²) in [6.07, 6.45) is 1.62. The summed E-state index contributed by atoms with van der Waals surface area (Å²) in [6, 6.07) is 0. The van der Waals surface area contributed by atoms with E-state index in [2.05, 4.69) is 20.8 Å². The number of carbonyl (C=O) groups is 1. The molecular formula is C13H23O4-.